The minimum atomic E-state index is -0.294. The molecule has 4 N–H and O–H groups in total. The average molecular weight is 229 g/mol. The maximum Gasteiger partial charge on any atom is 0.144 e. The Morgan fingerprint density at radius 2 is 2.25 bits per heavy atom. The minimum absolute atomic E-state index is 0.194. The Labute approximate surface area is 96.9 Å². The lowest BCUT2D eigenvalue weighted by molar-refractivity contribution is 0.0667. The van der Waals surface area contributed by atoms with Crippen LogP contribution < -0.4 is 5.73 Å². The highest BCUT2D eigenvalue weighted by Crippen LogP contribution is 2.22. The van der Waals surface area contributed by atoms with E-state index in [-0.39, 0.29) is 17.4 Å². The molecule has 0 aromatic carbocycles. The summed E-state index contributed by atoms with van der Waals surface area (Å²) in [5, 5.41) is 21.3. The fourth-order valence-electron chi connectivity index (χ4n) is 1.94. The van der Waals surface area contributed by atoms with Crippen molar-refractivity contribution in [1.82, 2.24) is 4.90 Å². The highest BCUT2D eigenvalue weighted by atomic mass is 16.4. The van der Waals surface area contributed by atoms with Crippen molar-refractivity contribution in [2.45, 2.75) is 39.2 Å². The van der Waals surface area contributed by atoms with E-state index in [1.807, 2.05) is 13.8 Å². The number of hydrogen-bond acceptors (Lipinski definition) is 4. The molecule has 94 valence electrons. The zero-order chi connectivity index (χ0) is 12.2. The predicted molar refractivity (Wildman–Crippen MR) is 63.5 cm³/mol. The van der Waals surface area contributed by atoms with Crippen LogP contribution in [0, 0.1) is 5.41 Å². The maximum atomic E-state index is 9.53. The monoisotopic (exact) mass is 229 g/mol. The molecule has 0 bridgehead atoms. The topological polar surface area (TPSA) is 82.1 Å². The second-order valence-electron chi connectivity index (χ2n) is 5.22. The quantitative estimate of drug-likeness (QED) is 0.285. The number of hydrogen-bond donors (Lipinski definition) is 3. The molecule has 5 heteroatoms. The number of amidine groups is 1. The molecule has 0 aliphatic carbocycles. The third-order valence-corrected chi connectivity index (χ3v) is 3.33. The van der Waals surface area contributed by atoms with Gasteiger partial charge < -0.3 is 20.9 Å². The fraction of sp³-hybridized carbons (Fsp3) is 0.909. The standard InChI is InChI=1S/C11H23N3O2/c1-11(2,10(12)13-16)5-7-14-6-3-4-9(15)8-14/h9,15-16H,3-8H2,1-2H3,(H2,12,13). The van der Waals surface area contributed by atoms with Gasteiger partial charge in [0, 0.05) is 12.0 Å². The van der Waals surface area contributed by atoms with Crippen LogP contribution in [-0.2, 0) is 0 Å². The number of aliphatic hydroxyl groups excluding tert-OH is 1. The lowest BCUT2D eigenvalue weighted by Gasteiger charge is -2.32. The number of piperidine rings is 1. The first-order chi connectivity index (χ1) is 7.45. The van der Waals surface area contributed by atoms with Gasteiger partial charge in [-0.05, 0) is 32.4 Å². The van der Waals surface area contributed by atoms with E-state index in [0.717, 1.165) is 38.9 Å². The van der Waals surface area contributed by atoms with Crippen molar-refractivity contribution in [2.24, 2.45) is 16.3 Å². The molecule has 1 saturated heterocycles. The highest BCUT2D eigenvalue weighted by Gasteiger charge is 2.25. The molecule has 16 heavy (non-hydrogen) atoms. The largest absolute Gasteiger partial charge is 0.409 e. The summed E-state index contributed by atoms with van der Waals surface area (Å²) in [4.78, 5) is 2.24. The Kier molecular flexibility index (Phi) is 4.56. The molecule has 0 radical (unpaired) electrons. The van der Waals surface area contributed by atoms with Gasteiger partial charge in [0.2, 0.25) is 0 Å². The normalized spacial score (nSPS) is 24.7. The van der Waals surface area contributed by atoms with Gasteiger partial charge in [-0.2, -0.15) is 0 Å². The molecule has 1 rings (SSSR count). The molecule has 5 nitrogen and oxygen atoms in total. The minimum Gasteiger partial charge on any atom is -0.409 e. The van der Waals surface area contributed by atoms with Crippen molar-refractivity contribution < 1.29 is 10.3 Å². The third-order valence-electron chi connectivity index (χ3n) is 3.33. The van der Waals surface area contributed by atoms with Crippen LogP contribution in [0.5, 0.6) is 0 Å². The van der Waals surface area contributed by atoms with E-state index in [4.69, 9.17) is 10.9 Å². The molecule has 0 aromatic rings. The number of nitrogens with two attached hydrogens (primary N) is 1. The first-order valence-electron chi connectivity index (χ1n) is 5.84. The maximum absolute atomic E-state index is 9.53. The third kappa shape index (κ3) is 3.64. The summed E-state index contributed by atoms with van der Waals surface area (Å²) in [5.41, 5.74) is 5.33. The van der Waals surface area contributed by atoms with Crippen LogP contribution in [-0.4, -0.2) is 46.8 Å². The Morgan fingerprint density at radius 1 is 1.56 bits per heavy atom. The zero-order valence-corrected chi connectivity index (χ0v) is 10.2. The van der Waals surface area contributed by atoms with Crippen molar-refractivity contribution in [1.29, 1.82) is 0 Å². The molecule has 1 unspecified atom stereocenters. The molecule has 1 heterocycles. The van der Waals surface area contributed by atoms with Gasteiger partial charge in [0.15, 0.2) is 0 Å². The van der Waals surface area contributed by atoms with Crippen LogP contribution in [0.3, 0.4) is 0 Å². The van der Waals surface area contributed by atoms with Gasteiger partial charge in [-0.1, -0.05) is 19.0 Å². The fourth-order valence-corrected chi connectivity index (χ4v) is 1.94. The molecular formula is C11H23N3O2. The first-order valence-corrected chi connectivity index (χ1v) is 5.84. The van der Waals surface area contributed by atoms with E-state index < -0.39 is 0 Å². The Bertz CT molecular complexity index is 254. The van der Waals surface area contributed by atoms with E-state index >= 15 is 0 Å². The summed E-state index contributed by atoms with van der Waals surface area (Å²) in [6.07, 6.45) is 2.58. The van der Waals surface area contributed by atoms with Crippen molar-refractivity contribution in [3.8, 4) is 0 Å². The van der Waals surface area contributed by atoms with Crippen LogP contribution in [0.1, 0.15) is 33.1 Å². The summed E-state index contributed by atoms with van der Waals surface area (Å²) < 4.78 is 0. The van der Waals surface area contributed by atoms with E-state index in [1.165, 1.54) is 0 Å². The number of nitrogens with zero attached hydrogens (tertiary/aromatic N) is 2. The van der Waals surface area contributed by atoms with Crippen LogP contribution in [0.4, 0.5) is 0 Å². The average Bonchev–Trinajstić information content (AvgIpc) is 2.25. The summed E-state index contributed by atoms with van der Waals surface area (Å²) in [7, 11) is 0. The second kappa shape index (κ2) is 5.50. The van der Waals surface area contributed by atoms with Gasteiger partial charge in [-0.3, -0.25) is 0 Å². The van der Waals surface area contributed by atoms with Crippen molar-refractivity contribution in [3.63, 3.8) is 0 Å². The second-order valence-corrected chi connectivity index (χ2v) is 5.22. The number of β-amino-alcohol motifs (C(OH)–C–C–N with tert-alkyl or cyclic N) is 1. The van der Waals surface area contributed by atoms with Gasteiger partial charge in [0.05, 0.1) is 6.10 Å². The summed E-state index contributed by atoms with van der Waals surface area (Å²) in [6, 6.07) is 0. The van der Waals surface area contributed by atoms with E-state index in [2.05, 4.69) is 10.1 Å². The lowest BCUT2D eigenvalue weighted by atomic mass is 9.87. The van der Waals surface area contributed by atoms with E-state index in [9.17, 15) is 5.11 Å². The Morgan fingerprint density at radius 3 is 2.81 bits per heavy atom. The van der Waals surface area contributed by atoms with Crippen LogP contribution in [0.15, 0.2) is 5.16 Å². The lowest BCUT2D eigenvalue weighted by Crippen LogP contribution is -2.41. The summed E-state index contributed by atoms with van der Waals surface area (Å²) >= 11 is 0. The smallest absolute Gasteiger partial charge is 0.144 e. The van der Waals surface area contributed by atoms with E-state index in [0.29, 0.717) is 0 Å². The Hall–Kier alpha value is -0.810. The highest BCUT2D eigenvalue weighted by molar-refractivity contribution is 5.85. The van der Waals surface area contributed by atoms with Crippen LogP contribution in [0.2, 0.25) is 0 Å². The van der Waals surface area contributed by atoms with Gasteiger partial charge >= 0.3 is 0 Å². The molecule has 1 aliphatic heterocycles. The van der Waals surface area contributed by atoms with Crippen molar-refractivity contribution in [2.75, 3.05) is 19.6 Å². The van der Waals surface area contributed by atoms with Gasteiger partial charge in [0.1, 0.15) is 5.84 Å². The van der Waals surface area contributed by atoms with Gasteiger partial charge in [0.25, 0.3) is 0 Å². The Balaban J connectivity index is 2.38. The number of aliphatic hydroxyl groups is 1. The zero-order valence-electron chi connectivity index (χ0n) is 10.2. The SMILES string of the molecule is CC(C)(CCN1CCCC(O)C1)C(N)=NO. The summed E-state index contributed by atoms with van der Waals surface area (Å²) in [6.45, 7) is 6.57. The molecule has 0 spiro atoms. The number of rotatable bonds is 4. The molecule has 1 atom stereocenters. The molecule has 0 aromatic heterocycles. The molecular weight excluding hydrogens is 206 g/mol. The first kappa shape index (κ1) is 13.3. The van der Waals surface area contributed by atoms with Gasteiger partial charge in [-0.15, -0.1) is 0 Å². The van der Waals surface area contributed by atoms with Crippen molar-refractivity contribution in [3.05, 3.63) is 0 Å². The molecule has 1 fully saturated rings. The predicted octanol–water partition coefficient (Wildman–Crippen LogP) is 0.606. The van der Waals surface area contributed by atoms with Crippen molar-refractivity contribution >= 4 is 5.84 Å². The molecule has 0 saturated carbocycles. The van der Waals surface area contributed by atoms with Gasteiger partial charge in [-0.25, -0.2) is 0 Å². The van der Waals surface area contributed by atoms with E-state index in [1.54, 1.807) is 0 Å². The van der Waals surface area contributed by atoms with Crippen LogP contribution >= 0.6 is 0 Å². The molecule has 0 amide bonds. The number of likely N-dealkylation sites (tertiary alicyclic amines) is 1. The van der Waals surface area contributed by atoms with Crippen LogP contribution in [0.25, 0.3) is 0 Å². The number of oxime groups is 1. The summed E-state index contributed by atoms with van der Waals surface area (Å²) in [5.74, 6) is 0.269. The molecule has 1 aliphatic rings.